The van der Waals surface area contributed by atoms with Crippen LogP contribution >= 0.6 is 23.4 Å². The number of hydrogen-bond acceptors (Lipinski definition) is 6. The van der Waals surface area contributed by atoms with Gasteiger partial charge >= 0.3 is 0 Å². The van der Waals surface area contributed by atoms with Gasteiger partial charge in [0, 0.05) is 23.5 Å². The molecule has 0 saturated heterocycles. The molecule has 9 heteroatoms. The van der Waals surface area contributed by atoms with Crippen LogP contribution in [-0.2, 0) is 4.79 Å². The summed E-state index contributed by atoms with van der Waals surface area (Å²) in [6.07, 6.45) is 0. The number of ether oxygens (including phenoxy) is 2. The Labute approximate surface area is 195 Å². The van der Waals surface area contributed by atoms with Crippen molar-refractivity contribution in [3.05, 3.63) is 59.1 Å². The third-order valence-electron chi connectivity index (χ3n) is 5.13. The van der Waals surface area contributed by atoms with E-state index in [2.05, 4.69) is 10.2 Å². The average molecular weight is 471 g/mol. The molecule has 2 heterocycles. The zero-order chi connectivity index (χ0) is 22.7. The predicted molar refractivity (Wildman–Crippen MR) is 127 cm³/mol. The van der Waals surface area contributed by atoms with Gasteiger partial charge in [-0.3, -0.25) is 9.20 Å². The maximum absolute atomic E-state index is 12.6. The lowest BCUT2D eigenvalue weighted by Gasteiger charge is -2.17. The second-order valence-electron chi connectivity index (χ2n) is 7.29. The highest BCUT2D eigenvalue weighted by Crippen LogP contribution is 2.28. The lowest BCUT2D eigenvalue weighted by Crippen LogP contribution is -2.32. The van der Waals surface area contributed by atoms with Crippen LogP contribution < -0.4 is 9.47 Å². The van der Waals surface area contributed by atoms with Gasteiger partial charge in [0.05, 0.1) is 24.9 Å². The number of hydrogen-bond donors (Lipinski definition) is 0. The minimum Gasteiger partial charge on any atom is -0.497 e. The highest BCUT2D eigenvalue weighted by molar-refractivity contribution is 7.99. The first kappa shape index (κ1) is 22.2. The second kappa shape index (κ2) is 9.67. The molecule has 0 radical (unpaired) electrons. The molecule has 0 spiro atoms. The van der Waals surface area contributed by atoms with Crippen LogP contribution in [0.25, 0.3) is 16.6 Å². The van der Waals surface area contributed by atoms with E-state index in [9.17, 15) is 4.79 Å². The molecule has 7 nitrogen and oxygen atoms in total. The molecule has 2 aromatic carbocycles. The second-order valence-corrected chi connectivity index (χ2v) is 8.67. The molecule has 2 aromatic heterocycles. The van der Waals surface area contributed by atoms with Crippen LogP contribution in [0.1, 0.15) is 5.56 Å². The summed E-state index contributed by atoms with van der Waals surface area (Å²) in [4.78, 5) is 14.3. The molecule has 0 saturated carbocycles. The number of benzene rings is 2. The molecular formula is C23H23ClN4O3S. The molecule has 32 heavy (non-hydrogen) atoms. The Kier molecular flexibility index (Phi) is 6.72. The Morgan fingerprint density at radius 3 is 2.62 bits per heavy atom. The number of likely N-dealkylation sites (N-methyl/N-ethyl adjacent to an activating group) is 1. The Balaban J connectivity index is 1.42. The van der Waals surface area contributed by atoms with Crippen LogP contribution in [-0.4, -0.2) is 58.5 Å². The van der Waals surface area contributed by atoms with Crippen molar-refractivity contribution in [1.29, 1.82) is 0 Å². The highest BCUT2D eigenvalue weighted by atomic mass is 35.5. The van der Waals surface area contributed by atoms with Gasteiger partial charge in [-0.15, -0.1) is 10.2 Å². The first-order valence-corrected chi connectivity index (χ1v) is 11.4. The number of aromatic nitrogens is 3. The number of pyridine rings is 1. The van der Waals surface area contributed by atoms with Gasteiger partial charge in [0.1, 0.15) is 18.1 Å². The number of nitrogens with zero attached hydrogens (tertiary/aromatic N) is 4. The zero-order valence-electron chi connectivity index (χ0n) is 18.0. The van der Waals surface area contributed by atoms with Crippen LogP contribution in [0.4, 0.5) is 0 Å². The first-order valence-electron chi connectivity index (χ1n) is 10.0. The molecule has 0 unspecified atom stereocenters. The average Bonchev–Trinajstić information content (AvgIpc) is 3.21. The van der Waals surface area contributed by atoms with Gasteiger partial charge in [-0.25, -0.2) is 0 Å². The van der Waals surface area contributed by atoms with Gasteiger partial charge < -0.3 is 14.4 Å². The van der Waals surface area contributed by atoms with Gasteiger partial charge in [-0.05, 0) is 55.0 Å². The van der Waals surface area contributed by atoms with E-state index in [1.165, 1.54) is 11.8 Å². The summed E-state index contributed by atoms with van der Waals surface area (Å²) in [5.41, 5.74) is 2.79. The van der Waals surface area contributed by atoms with E-state index in [1.54, 1.807) is 43.3 Å². The fraction of sp³-hybridized carbons (Fsp3) is 0.261. The summed E-state index contributed by atoms with van der Waals surface area (Å²) < 4.78 is 13.0. The maximum Gasteiger partial charge on any atom is 0.232 e. The largest absolute Gasteiger partial charge is 0.497 e. The summed E-state index contributed by atoms with van der Waals surface area (Å²) >= 11 is 7.24. The van der Waals surface area contributed by atoms with E-state index in [1.807, 2.05) is 35.6 Å². The van der Waals surface area contributed by atoms with Crippen molar-refractivity contribution >= 4 is 45.8 Å². The summed E-state index contributed by atoms with van der Waals surface area (Å²) in [6, 6.07) is 15.1. The van der Waals surface area contributed by atoms with Gasteiger partial charge in [-0.2, -0.15) is 0 Å². The Morgan fingerprint density at radius 1 is 1.12 bits per heavy atom. The number of carbonyl (C=O) groups is 1. The molecule has 0 fully saturated rings. The number of thioether (sulfide) groups is 1. The topological polar surface area (TPSA) is 69.0 Å². The SMILES string of the molecule is COc1ccc2c(C)cc3nnc(SCC(=O)N(C)CCOc4ccc(Cl)cc4)n3c2c1. The van der Waals surface area contributed by atoms with E-state index in [4.69, 9.17) is 21.1 Å². The number of halogens is 1. The third-order valence-corrected chi connectivity index (χ3v) is 6.30. The Bertz CT molecular complexity index is 1260. The maximum atomic E-state index is 12.6. The molecule has 0 bridgehead atoms. The van der Waals surface area contributed by atoms with Gasteiger partial charge in [0.2, 0.25) is 5.91 Å². The number of carbonyl (C=O) groups excluding carboxylic acids is 1. The van der Waals surface area contributed by atoms with Gasteiger partial charge in [-0.1, -0.05) is 23.4 Å². The van der Waals surface area contributed by atoms with Crippen molar-refractivity contribution in [1.82, 2.24) is 19.5 Å². The standard InChI is InChI=1S/C23H23ClN4O3S/c1-15-12-21-25-26-23(28(21)20-13-18(30-3)8-9-19(15)20)32-14-22(29)27(2)10-11-31-17-6-4-16(24)5-7-17/h4-9,12-13H,10-11,14H2,1-3H3. The summed E-state index contributed by atoms with van der Waals surface area (Å²) in [6.45, 7) is 2.91. The first-order chi connectivity index (χ1) is 15.5. The summed E-state index contributed by atoms with van der Waals surface area (Å²) in [5, 5.41) is 11.0. The van der Waals surface area contributed by atoms with Crippen molar-refractivity contribution in [3.8, 4) is 11.5 Å². The fourth-order valence-corrected chi connectivity index (χ4v) is 4.33. The van der Waals surface area contributed by atoms with Crippen LogP contribution in [0.5, 0.6) is 11.5 Å². The Morgan fingerprint density at radius 2 is 1.88 bits per heavy atom. The predicted octanol–water partition coefficient (Wildman–Crippen LogP) is 4.48. The monoisotopic (exact) mass is 470 g/mol. The molecule has 1 amide bonds. The van der Waals surface area contributed by atoms with E-state index >= 15 is 0 Å². The molecule has 166 valence electrons. The number of methoxy groups -OCH3 is 1. The van der Waals surface area contributed by atoms with E-state index < -0.39 is 0 Å². The van der Waals surface area contributed by atoms with Crippen LogP contribution in [0.2, 0.25) is 5.02 Å². The van der Waals surface area contributed by atoms with E-state index in [0.717, 1.165) is 33.6 Å². The number of rotatable bonds is 8. The molecule has 0 aliphatic carbocycles. The molecule has 0 aliphatic rings. The van der Waals surface area contributed by atoms with Crippen LogP contribution in [0.15, 0.2) is 53.7 Å². The molecular weight excluding hydrogens is 448 g/mol. The molecule has 4 rings (SSSR count). The van der Waals surface area contributed by atoms with Gasteiger partial charge in [0.25, 0.3) is 0 Å². The molecule has 0 N–H and O–H groups in total. The zero-order valence-corrected chi connectivity index (χ0v) is 19.6. The van der Waals surface area contributed by atoms with E-state index in [0.29, 0.717) is 23.3 Å². The molecule has 4 aromatic rings. The highest BCUT2D eigenvalue weighted by Gasteiger charge is 2.15. The summed E-state index contributed by atoms with van der Waals surface area (Å²) in [7, 11) is 3.40. The van der Waals surface area contributed by atoms with Crippen molar-refractivity contribution < 1.29 is 14.3 Å². The number of amides is 1. The van der Waals surface area contributed by atoms with Crippen molar-refractivity contribution in [2.45, 2.75) is 12.1 Å². The molecule has 0 aliphatic heterocycles. The third kappa shape index (κ3) is 4.76. The normalized spacial score (nSPS) is 11.1. The molecule has 0 atom stereocenters. The van der Waals surface area contributed by atoms with E-state index in [-0.39, 0.29) is 11.7 Å². The Hall–Kier alpha value is -2.97. The van der Waals surface area contributed by atoms with Crippen LogP contribution in [0, 0.1) is 6.92 Å². The number of aryl methyl sites for hydroxylation is 1. The lowest BCUT2D eigenvalue weighted by atomic mass is 10.1. The van der Waals surface area contributed by atoms with Crippen LogP contribution in [0.3, 0.4) is 0 Å². The van der Waals surface area contributed by atoms with Gasteiger partial charge in [0.15, 0.2) is 10.8 Å². The van der Waals surface area contributed by atoms with Crippen molar-refractivity contribution in [3.63, 3.8) is 0 Å². The summed E-state index contributed by atoms with van der Waals surface area (Å²) in [5.74, 6) is 1.71. The minimum atomic E-state index is -0.0135. The lowest BCUT2D eigenvalue weighted by molar-refractivity contribution is -0.127. The smallest absolute Gasteiger partial charge is 0.232 e. The minimum absolute atomic E-state index is 0.0135. The quantitative estimate of drug-likeness (QED) is 0.353. The van der Waals surface area contributed by atoms with Crippen molar-refractivity contribution in [2.24, 2.45) is 0 Å². The number of fused-ring (bicyclic) bond motifs is 3. The fourth-order valence-electron chi connectivity index (χ4n) is 3.32. The van der Waals surface area contributed by atoms with Crippen molar-refractivity contribution in [2.75, 3.05) is 33.1 Å².